The van der Waals surface area contributed by atoms with E-state index in [4.69, 9.17) is 0 Å². The summed E-state index contributed by atoms with van der Waals surface area (Å²) in [6, 6.07) is 14.1. The minimum Gasteiger partial charge on any atom is -0.493 e. The van der Waals surface area contributed by atoms with Crippen LogP contribution in [0.4, 0.5) is 0 Å². The standard InChI is InChI=1S/C14H12N2O2/c17-13-12(14(18)16-15-13)8-9-5-6-10-3-1-2-4-11(10)7-9/h1-7H,8H2,(H3,15,16,17,18). The van der Waals surface area contributed by atoms with E-state index in [0.717, 1.165) is 16.3 Å². The summed E-state index contributed by atoms with van der Waals surface area (Å²) >= 11 is 0. The maximum atomic E-state index is 11.5. The second-order valence-electron chi connectivity index (χ2n) is 4.26. The predicted molar refractivity (Wildman–Crippen MR) is 69.8 cm³/mol. The highest BCUT2D eigenvalue weighted by atomic mass is 16.3. The van der Waals surface area contributed by atoms with E-state index in [-0.39, 0.29) is 11.4 Å². The molecule has 4 nitrogen and oxygen atoms in total. The Morgan fingerprint density at radius 2 is 1.78 bits per heavy atom. The molecule has 2 aromatic carbocycles. The molecule has 90 valence electrons. The highest BCUT2D eigenvalue weighted by molar-refractivity contribution is 5.83. The van der Waals surface area contributed by atoms with Gasteiger partial charge in [-0.15, -0.1) is 0 Å². The summed E-state index contributed by atoms with van der Waals surface area (Å²) in [5.74, 6) is -0.0897. The van der Waals surface area contributed by atoms with Crippen molar-refractivity contribution in [2.75, 3.05) is 0 Å². The van der Waals surface area contributed by atoms with Crippen LogP contribution in [0, 0.1) is 0 Å². The molecule has 0 saturated heterocycles. The largest absolute Gasteiger partial charge is 0.493 e. The highest BCUT2D eigenvalue weighted by Crippen LogP contribution is 2.19. The van der Waals surface area contributed by atoms with E-state index in [1.165, 1.54) is 0 Å². The molecule has 4 heteroatoms. The molecule has 18 heavy (non-hydrogen) atoms. The van der Waals surface area contributed by atoms with E-state index >= 15 is 0 Å². The summed E-state index contributed by atoms with van der Waals surface area (Å²) in [5, 5.41) is 16.6. The van der Waals surface area contributed by atoms with Crippen LogP contribution in [-0.4, -0.2) is 15.3 Å². The Hall–Kier alpha value is -2.49. The number of aromatic nitrogens is 2. The van der Waals surface area contributed by atoms with Gasteiger partial charge in [-0.1, -0.05) is 42.5 Å². The third kappa shape index (κ3) is 1.78. The fourth-order valence-corrected chi connectivity index (χ4v) is 2.09. The molecule has 0 amide bonds. The number of nitrogens with one attached hydrogen (secondary N) is 2. The van der Waals surface area contributed by atoms with Crippen molar-refractivity contribution in [3.63, 3.8) is 0 Å². The van der Waals surface area contributed by atoms with Crippen molar-refractivity contribution in [2.24, 2.45) is 0 Å². The number of H-pyrrole nitrogens is 2. The molecule has 3 N–H and O–H groups in total. The molecule has 3 rings (SSSR count). The monoisotopic (exact) mass is 240 g/mol. The van der Waals surface area contributed by atoms with E-state index in [1.807, 2.05) is 42.5 Å². The SMILES string of the molecule is O=c1[nH][nH]c(O)c1Cc1ccc2ccccc2c1. The van der Waals surface area contributed by atoms with E-state index in [2.05, 4.69) is 10.2 Å². The van der Waals surface area contributed by atoms with Crippen molar-refractivity contribution in [2.45, 2.75) is 6.42 Å². The lowest BCUT2D eigenvalue weighted by atomic mass is 10.0. The Morgan fingerprint density at radius 1 is 1.00 bits per heavy atom. The predicted octanol–water partition coefficient (Wildman–Crippen LogP) is 2.15. The molecule has 0 bridgehead atoms. The first kappa shape index (κ1) is 10.7. The lowest BCUT2D eigenvalue weighted by Crippen LogP contribution is -2.06. The summed E-state index contributed by atoms with van der Waals surface area (Å²) in [4.78, 5) is 11.5. The van der Waals surface area contributed by atoms with E-state index in [0.29, 0.717) is 12.0 Å². The average Bonchev–Trinajstić information content (AvgIpc) is 2.70. The third-order valence-electron chi connectivity index (χ3n) is 3.05. The van der Waals surface area contributed by atoms with Crippen LogP contribution < -0.4 is 5.56 Å². The van der Waals surface area contributed by atoms with Gasteiger partial charge < -0.3 is 5.11 Å². The van der Waals surface area contributed by atoms with Crippen molar-refractivity contribution in [3.8, 4) is 5.88 Å². The second-order valence-corrected chi connectivity index (χ2v) is 4.26. The maximum Gasteiger partial charge on any atom is 0.271 e. The smallest absolute Gasteiger partial charge is 0.271 e. The first-order valence-electron chi connectivity index (χ1n) is 5.70. The highest BCUT2D eigenvalue weighted by Gasteiger charge is 2.09. The number of aromatic hydroxyl groups is 1. The van der Waals surface area contributed by atoms with Crippen molar-refractivity contribution in [1.29, 1.82) is 0 Å². The van der Waals surface area contributed by atoms with Crippen LogP contribution in [0.5, 0.6) is 5.88 Å². The summed E-state index contributed by atoms with van der Waals surface area (Å²) < 4.78 is 0. The van der Waals surface area contributed by atoms with Crippen LogP contribution in [0.2, 0.25) is 0 Å². The zero-order chi connectivity index (χ0) is 12.5. The van der Waals surface area contributed by atoms with Crippen LogP contribution in [0.3, 0.4) is 0 Å². The molecule has 0 aliphatic carbocycles. The quantitative estimate of drug-likeness (QED) is 0.642. The number of hydrogen-bond acceptors (Lipinski definition) is 2. The lowest BCUT2D eigenvalue weighted by molar-refractivity contribution is 0.447. The molecular formula is C14H12N2O2. The van der Waals surface area contributed by atoms with Gasteiger partial charge in [0.05, 0.1) is 5.56 Å². The zero-order valence-corrected chi connectivity index (χ0v) is 9.60. The van der Waals surface area contributed by atoms with Crippen molar-refractivity contribution in [1.82, 2.24) is 10.2 Å². The third-order valence-corrected chi connectivity index (χ3v) is 3.05. The zero-order valence-electron chi connectivity index (χ0n) is 9.60. The molecule has 0 fully saturated rings. The molecule has 0 spiro atoms. The average molecular weight is 240 g/mol. The molecular weight excluding hydrogens is 228 g/mol. The summed E-state index contributed by atoms with van der Waals surface area (Å²) in [6.45, 7) is 0. The van der Waals surface area contributed by atoms with Gasteiger partial charge in [-0.3, -0.25) is 15.0 Å². The molecule has 0 saturated carbocycles. The Labute approximate surface area is 103 Å². The minimum absolute atomic E-state index is 0.0897. The Balaban J connectivity index is 2.03. The fourth-order valence-electron chi connectivity index (χ4n) is 2.09. The number of rotatable bonds is 2. The van der Waals surface area contributed by atoms with Gasteiger partial charge in [0.2, 0.25) is 5.88 Å². The van der Waals surface area contributed by atoms with E-state index in [1.54, 1.807) is 0 Å². The first-order valence-corrected chi connectivity index (χ1v) is 5.70. The maximum absolute atomic E-state index is 11.5. The van der Waals surface area contributed by atoms with Gasteiger partial charge in [0.25, 0.3) is 5.56 Å². The van der Waals surface area contributed by atoms with Crippen LogP contribution in [-0.2, 0) is 6.42 Å². The van der Waals surface area contributed by atoms with Crippen LogP contribution in [0.15, 0.2) is 47.3 Å². The van der Waals surface area contributed by atoms with Crippen LogP contribution in [0.1, 0.15) is 11.1 Å². The molecule has 0 atom stereocenters. The van der Waals surface area contributed by atoms with Gasteiger partial charge in [0.1, 0.15) is 0 Å². The first-order chi connectivity index (χ1) is 8.74. The van der Waals surface area contributed by atoms with Crippen molar-refractivity contribution in [3.05, 3.63) is 63.9 Å². The minimum atomic E-state index is -0.277. The molecule has 0 unspecified atom stereocenters. The van der Waals surface area contributed by atoms with Gasteiger partial charge in [0, 0.05) is 6.42 Å². The lowest BCUT2D eigenvalue weighted by Gasteiger charge is -2.02. The number of benzene rings is 2. The summed E-state index contributed by atoms with van der Waals surface area (Å²) in [7, 11) is 0. The van der Waals surface area contributed by atoms with Gasteiger partial charge in [-0.2, -0.15) is 0 Å². The topological polar surface area (TPSA) is 68.9 Å². The molecule has 0 aliphatic heterocycles. The van der Waals surface area contributed by atoms with E-state index in [9.17, 15) is 9.90 Å². The molecule has 1 aromatic heterocycles. The van der Waals surface area contributed by atoms with Gasteiger partial charge in [-0.05, 0) is 16.3 Å². The molecule has 1 heterocycles. The van der Waals surface area contributed by atoms with Crippen LogP contribution >= 0.6 is 0 Å². The normalized spacial score (nSPS) is 10.9. The Bertz CT molecular complexity index is 756. The second kappa shape index (κ2) is 4.07. The van der Waals surface area contributed by atoms with Crippen molar-refractivity contribution < 1.29 is 5.11 Å². The molecule has 0 radical (unpaired) electrons. The van der Waals surface area contributed by atoms with Crippen molar-refractivity contribution >= 4 is 10.8 Å². The Morgan fingerprint density at radius 3 is 2.50 bits per heavy atom. The van der Waals surface area contributed by atoms with E-state index < -0.39 is 0 Å². The molecule has 0 aliphatic rings. The number of aromatic amines is 2. The number of hydrogen-bond donors (Lipinski definition) is 3. The van der Waals surface area contributed by atoms with Gasteiger partial charge >= 0.3 is 0 Å². The summed E-state index contributed by atoms with van der Waals surface area (Å²) in [6.07, 6.45) is 0.412. The number of fused-ring (bicyclic) bond motifs is 1. The van der Waals surface area contributed by atoms with Crippen LogP contribution in [0.25, 0.3) is 10.8 Å². The molecule has 3 aromatic rings. The Kier molecular flexibility index (Phi) is 2.41. The summed E-state index contributed by atoms with van der Waals surface area (Å²) in [5.41, 5.74) is 1.08. The van der Waals surface area contributed by atoms with Gasteiger partial charge in [0.15, 0.2) is 0 Å². The fraction of sp³-hybridized carbons (Fsp3) is 0.0714. The van der Waals surface area contributed by atoms with Gasteiger partial charge in [-0.25, -0.2) is 0 Å².